The van der Waals surface area contributed by atoms with E-state index in [9.17, 15) is 38.4 Å². The molecule has 0 bridgehead atoms. The van der Waals surface area contributed by atoms with Crippen LogP contribution in [0.15, 0.2) is 0 Å². The first-order valence-electron chi connectivity index (χ1n) is 10.7. The van der Waals surface area contributed by atoms with Gasteiger partial charge in [0.05, 0.1) is 13.2 Å². The maximum atomic E-state index is 12.3. The lowest BCUT2D eigenvalue weighted by Gasteiger charge is -2.35. The zero-order chi connectivity index (χ0) is 23.9. The molecule has 4 aliphatic rings. The molecule has 0 aromatic carbocycles. The van der Waals surface area contributed by atoms with Gasteiger partial charge in [0.25, 0.3) is 0 Å². The van der Waals surface area contributed by atoms with Gasteiger partial charge in [-0.2, -0.15) is 0 Å². The maximum Gasteiger partial charge on any atom is 0.231 e. The van der Waals surface area contributed by atoms with Crippen LogP contribution in [0.25, 0.3) is 0 Å². The lowest BCUT2D eigenvalue weighted by atomic mass is 10.3. The Morgan fingerprint density at radius 3 is 0.788 bits per heavy atom. The molecule has 176 valence electrons. The van der Waals surface area contributed by atoms with Crippen LogP contribution < -0.4 is 0 Å². The van der Waals surface area contributed by atoms with Gasteiger partial charge in [0, 0.05) is 51.4 Å². The number of amides is 8. The number of hydrogen-bond donors (Lipinski definition) is 0. The molecule has 0 unspecified atom stereocenters. The van der Waals surface area contributed by atoms with E-state index in [1.807, 2.05) is 0 Å². The zero-order valence-electron chi connectivity index (χ0n) is 17.7. The Morgan fingerprint density at radius 2 is 0.606 bits per heavy atom. The second kappa shape index (κ2) is 8.81. The average Bonchev–Trinajstić information content (AvgIpc) is 3.48. The van der Waals surface area contributed by atoms with Crippen molar-refractivity contribution < 1.29 is 43.1 Å². The highest BCUT2D eigenvalue weighted by molar-refractivity contribution is 6.07. The predicted octanol–water partition coefficient (Wildman–Crippen LogP) is -1.75. The fourth-order valence-electron chi connectivity index (χ4n) is 4.51. The van der Waals surface area contributed by atoms with Gasteiger partial charge < -0.3 is 4.74 Å². The Hall–Kier alpha value is -3.48. The van der Waals surface area contributed by atoms with E-state index in [1.165, 1.54) is 0 Å². The van der Waals surface area contributed by atoms with Crippen molar-refractivity contribution >= 4 is 47.3 Å². The van der Waals surface area contributed by atoms with Crippen molar-refractivity contribution in [2.45, 2.75) is 63.7 Å². The lowest BCUT2D eigenvalue weighted by molar-refractivity contribution is -0.159. The summed E-state index contributed by atoms with van der Waals surface area (Å²) in [5.41, 5.74) is 0. The average molecular weight is 462 g/mol. The SMILES string of the molecule is O=C1CCC(=O)N1C(COCC(N1C(=O)CCC1=O)N1C(=O)CCC1=O)N1C(=O)CCC1=O. The number of carbonyl (C=O) groups excluding carboxylic acids is 8. The van der Waals surface area contributed by atoms with Crippen LogP contribution in [-0.4, -0.2) is 92.4 Å². The molecule has 0 aromatic rings. The fourth-order valence-corrected chi connectivity index (χ4v) is 4.51. The maximum absolute atomic E-state index is 12.3. The van der Waals surface area contributed by atoms with Crippen LogP contribution in [-0.2, 0) is 43.1 Å². The van der Waals surface area contributed by atoms with Crippen molar-refractivity contribution in [2.75, 3.05) is 13.2 Å². The normalized spacial score (nSPS) is 22.1. The minimum atomic E-state index is -1.33. The number of hydrogen-bond acceptors (Lipinski definition) is 9. The molecule has 4 saturated heterocycles. The molecule has 0 spiro atoms. The number of likely N-dealkylation sites (tertiary alicyclic amines) is 4. The number of ether oxygens (including phenoxy) is 1. The monoisotopic (exact) mass is 462 g/mol. The van der Waals surface area contributed by atoms with Crippen LogP contribution in [0.4, 0.5) is 0 Å². The summed E-state index contributed by atoms with van der Waals surface area (Å²) in [5.74, 6) is -4.50. The Kier molecular flexibility index (Phi) is 6.06. The van der Waals surface area contributed by atoms with E-state index in [2.05, 4.69) is 0 Å². The van der Waals surface area contributed by atoms with Crippen LogP contribution in [0.1, 0.15) is 51.4 Å². The van der Waals surface area contributed by atoms with Crippen LogP contribution in [0.3, 0.4) is 0 Å². The van der Waals surface area contributed by atoms with Crippen LogP contribution in [0.2, 0.25) is 0 Å². The highest BCUT2D eigenvalue weighted by Crippen LogP contribution is 2.26. The summed E-state index contributed by atoms with van der Waals surface area (Å²) in [6, 6.07) is 0. The van der Waals surface area contributed by atoms with E-state index in [0.29, 0.717) is 0 Å². The lowest BCUT2D eigenvalue weighted by Crippen LogP contribution is -2.57. The Morgan fingerprint density at radius 1 is 0.424 bits per heavy atom. The molecule has 4 aliphatic heterocycles. The first-order valence-corrected chi connectivity index (χ1v) is 10.7. The van der Waals surface area contributed by atoms with Gasteiger partial charge in [0.2, 0.25) is 47.3 Å². The molecule has 4 rings (SSSR count). The molecule has 0 N–H and O–H groups in total. The van der Waals surface area contributed by atoms with E-state index in [-0.39, 0.29) is 51.4 Å². The van der Waals surface area contributed by atoms with Gasteiger partial charge in [-0.1, -0.05) is 0 Å². The first-order chi connectivity index (χ1) is 15.7. The summed E-state index contributed by atoms with van der Waals surface area (Å²) >= 11 is 0. The van der Waals surface area contributed by atoms with Gasteiger partial charge >= 0.3 is 0 Å². The topological polar surface area (TPSA) is 159 Å². The summed E-state index contributed by atoms with van der Waals surface area (Å²) in [6.07, 6.45) is -3.20. The standard InChI is InChI=1S/C20H22N4O9/c25-13-1-2-14(26)21(13)11(22-15(27)3-4-16(22)28)9-33-10-12(23-17(29)5-6-18(23)30)24-19(31)7-8-20(24)32/h11-12H,1-10H2. The quantitative estimate of drug-likeness (QED) is 0.381. The number of nitrogens with zero attached hydrogens (tertiary/aromatic N) is 4. The molecule has 4 heterocycles. The van der Waals surface area contributed by atoms with Crippen molar-refractivity contribution in [2.24, 2.45) is 0 Å². The van der Waals surface area contributed by atoms with Crippen molar-refractivity contribution in [3.8, 4) is 0 Å². The second-order valence-corrected chi connectivity index (χ2v) is 8.13. The molecule has 13 nitrogen and oxygen atoms in total. The van der Waals surface area contributed by atoms with Crippen LogP contribution >= 0.6 is 0 Å². The molecule has 8 amide bonds. The molecule has 33 heavy (non-hydrogen) atoms. The van der Waals surface area contributed by atoms with E-state index in [4.69, 9.17) is 4.74 Å². The smallest absolute Gasteiger partial charge is 0.231 e. The van der Waals surface area contributed by atoms with E-state index in [1.54, 1.807) is 0 Å². The number of carbonyl (C=O) groups is 8. The van der Waals surface area contributed by atoms with Gasteiger partial charge in [-0.15, -0.1) is 0 Å². The van der Waals surface area contributed by atoms with Gasteiger partial charge in [-0.25, -0.2) is 0 Å². The molecule has 0 radical (unpaired) electrons. The van der Waals surface area contributed by atoms with Crippen molar-refractivity contribution in [3.63, 3.8) is 0 Å². The minimum absolute atomic E-state index is 0.0677. The van der Waals surface area contributed by atoms with Crippen molar-refractivity contribution in [1.29, 1.82) is 0 Å². The molecular weight excluding hydrogens is 440 g/mol. The first kappa shape index (κ1) is 22.7. The third-order valence-corrected chi connectivity index (χ3v) is 6.09. The van der Waals surface area contributed by atoms with Gasteiger partial charge in [0.15, 0.2) is 0 Å². The predicted molar refractivity (Wildman–Crippen MR) is 103 cm³/mol. The van der Waals surface area contributed by atoms with Gasteiger partial charge in [-0.05, 0) is 0 Å². The molecule has 4 fully saturated rings. The molecule has 13 heteroatoms. The molecule has 0 atom stereocenters. The highest BCUT2D eigenvalue weighted by Gasteiger charge is 2.47. The van der Waals surface area contributed by atoms with E-state index in [0.717, 1.165) is 19.6 Å². The molecule has 0 aliphatic carbocycles. The van der Waals surface area contributed by atoms with Crippen LogP contribution in [0.5, 0.6) is 0 Å². The van der Waals surface area contributed by atoms with Gasteiger partial charge in [0.1, 0.15) is 12.3 Å². The largest absolute Gasteiger partial charge is 0.373 e. The summed E-state index contributed by atoms with van der Waals surface area (Å²) in [6.45, 7) is -0.976. The third kappa shape index (κ3) is 4.03. The fraction of sp³-hybridized carbons (Fsp3) is 0.600. The number of rotatable bonds is 8. The van der Waals surface area contributed by atoms with Crippen molar-refractivity contribution in [3.05, 3.63) is 0 Å². The minimum Gasteiger partial charge on any atom is -0.373 e. The molecular formula is C20H22N4O9. The molecule has 0 saturated carbocycles. The third-order valence-electron chi connectivity index (χ3n) is 6.09. The van der Waals surface area contributed by atoms with Crippen LogP contribution in [0, 0.1) is 0 Å². The zero-order valence-corrected chi connectivity index (χ0v) is 17.7. The second-order valence-electron chi connectivity index (χ2n) is 8.13. The summed E-state index contributed by atoms with van der Waals surface area (Å²) in [7, 11) is 0. The van der Waals surface area contributed by atoms with Crippen molar-refractivity contribution in [1.82, 2.24) is 19.6 Å². The number of imide groups is 4. The summed E-state index contributed by atoms with van der Waals surface area (Å²) in [5, 5.41) is 0. The highest BCUT2D eigenvalue weighted by atomic mass is 16.5. The Bertz CT molecular complexity index is 765. The van der Waals surface area contributed by atoms with Gasteiger partial charge in [-0.3, -0.25) is 58.0 Å². The molecule has 0 aromatic heterocycles. The Labute approximate surface area is 187 Å². The summed E-state index contributed by atoms with van der Waals surface area (Å²) < 4.78 is 5.61. The van der Waals surface area contributed by atoms with E-state index < -0.39 is 72.8 Å². The Balaban J connectivity index is 1.55. The van der Waals surface area contributed by atoms with E-state index >= 15 is 0 Å². The summed E-state index contributed by atoms with van der Waals surface area (Å²) in [4.78, 5) is 102.